The van der Waals surface area contributed by atoms with E-state index in [0.29, 0.717) is 17.0 Å². The van der Waals surface area contributed by atoms with Gasteiger partial charge in [-0.05, 0) is 32.6 Å². The van der Waals surface area contributed by atoms with Crippen LogP contribution in [0, 0.1) is 12.8 Å². The average Bonchev–Trinajstić information content (AvgIpc) is 2.71. The van der Waals surface area contributed by atoms with Crippen molar-refractivity contribution in [1.29, 1.82) is 0 Å². The molecule has 0 aromatic carbocycles. The third-order valence-electron chi connectivity index (χ3n) is 4.07. The lowest BCUT2D eigenvalue weighted by Gasteiger charge is -2.30. The van der Waals surface area contributed by atoms with Gasteiger partial charge in [-0.15, -0.1) is 0 Å². The predicted molar refractivity (Wildman–Crippen MR) is 76.2 cm³/mol. The third-order valence-corrected chi connectivity index (χ3v) is 4.44. The molecule has 1 aromatic rings. The Kier molecular flexibility index (Phi) is 4.50. The van der Waals surface area contributed by atoms with Gasteiger partial charge in [0, 0.05) is 12.2 Å². The molecule has 0 spiro atoms. The molecule has 106 valence electrons. The van der Waals surface area contributed by atoms with Gasteiger partial charge in [-0.25, -0.2) is 0 Å². The van der Waals surface area contributed by atoms with Crippen LogP contribution < -0.4 is 5.32 Å². The van der Waals surface area contributed by atoms with E-state index in [4.69, 9.17) is 11.6 Å². The third kappa shape index (κ3) is 3.30. The lowest BCUT2D eigenvalue weighted by atomic mass is 9.86. The number of nitrogens with one attached hydrogen (secondary N) is 1. The fraction of sp³-hybridized carbons (Fsp3) is 0.714. The van der Waals surface area contributed by atoms with E-state index in [-0.39, 0.29) is 11.9 Å². The van der Waals surface area contributed by atoms with Crippen LogP contribution in [0.4, 0.5) is 0 Å². The number of carbonyl (C=O) groups excluding carboxylic acids is 1. The first-order valence-corrected chi connectivity index (χ1v) is 7.38. The summed E-state index contributed by atoms with van der Waals surface area (Å²) in [5.41, 5.74) is 0.757. The van der Waals surface area contributed by atoms with Crippen molar-refractivity contribution in [2.24, 2.45) is 5.92 Å². The van der Waals surface area contributed by atoms with E-state index in [9.17, 15) is 4.79 Å². The topological polar surface area (TPSA) is 46.9 Å². The number of carbonyl (C=O) groups is 1. The van der Waals surface area contributed by atoms with Crippen molar-refractivity contribution in [3.05, 3.63) is 16.9 Å². The number of nitrogens with zero attached hydrogens (tertiary/aromatic N) is 2. The van der Waals surface area contributed by atoms with E-state index in [1.807, 2.05) is 13.8 Å². The maximum atomic E-state index is 12.3. The second kappa shape index (κ2) is 5.95. The van der Waals surface area contributed by atoms with Gasteiger partial charge in [0.15, 0.2) is 0 Å². The first-order chi connectivity index (χ1) is 8.99. The van der Waals surface area contributed by atoms with Crippen molar-refractivity contribution < 1.29 is 4.79 Å². The second-order valence-corrected chi connectivity index (χ2v) is 6.00. The lowest BCUT2D eigenvalue weighted by molar-refractivity contribution is -0.125. The molecule has 1 aromatic heterocycles. The van der Waals surface area contributed by atoms with Crippen molar-refractivity contribution in [3.63, 3.8) is 0 Å². The standard InChI is InChI=1S/C14H22ClN3O/c1-9-6-4-5-7-13(9)16-14(19)11(3)18-8-12(15)10(2)17-18/h8-9,11,13H,4-7H2,1-3H3,(H,16,19)/t9-,11-,13+/m1/s1. The minimum absolute atomic E-state index is 0.0258. The first kappa shape index (κ1) is 14.4. The summed E-state index contributed by atoms with van der Waals surface area (Å²) in [5.74, 6) is 0.589. The summed E-state index contributed by atoms with van der Waals surface area (Å²) in [5, 5.41) is 8.02. The van der Waals surface area contributed by atoms with E-state index in [0.717, 1.165) is 12.1 Å². The fourth-order valence-corrected chi connectivity index (χ4v) is 2.75. The molecular weight excluding hydrogens is 262 g/mol. The van der Waals surface area contributed by atoms with Gasteiger partial charge in [0.25, 0.3) is 0 Å². The maximum absolute atomic E-state index is 12.3. The smallest absolute Gasteiger partial charge is 0.244 e. The van der Waals surface area contributed by atoms with Crippen molar-refractivity contribution in [2.45, 2.75) is 58.5 Å². The average molecular weight is 284 g/mol. The highest BCUT2D eigenvalue weighted by atomic mass is 35.5. The highest BCUT2D eigenvalue weighted by Crippen LogP contribution is 2.24. The second-order valence-electron chi connectivity index (χ2n) is 5.60. The summed E-state index contributed by atoms with van der Waals surface area (Å²) in [7, 11) is 0. The maximum Gasteiger partial charge on any atom is 0.244 e. The monoisotopic (exact) mass is 283 g/mol. The van der Waals surface area contributed by atoms with Gasteiger partial charge >= 0.3 is 0 Å². The van der Waals surface area contributed by atoms with Gasteiger partial charge in [0.05, 0.1) is 10.7 Å². The van der Waals surface area contributed by atoms with Crippen molar-refractivity contribution in [3.8, 4) is 0 Å². The van der Waals surface area contributed by atoms with E-state index in [1.165, 1.54) is 19.3 Å². The van der Waals surface area contributed by atoms with Gasteiger partial charge in [0.2, 0.25) is 5.91 Å². The Bertz CT molecular complexity index is 438. The molecule has 0 unspecified atom stereocenters. The molecule has 1 aliphatic rings. The molecule has 2 rings (SSSR count). The number of amides is 1. The number of halogens is 1. The van der Waals surface area contributed by atoms with E-state index < -0.39 is 0 Å². The van der Waals surface area contributed by atoms with Crippen LogP contribution in [-0.2, 0) is 4.79 Å². The van der Waals surface area contributed by atoms with Gasteiger partial charge in [0.1, 0.15) is 6.04 Å². The molecule has 1 heterocycles. The molecule has 1 amide bonds. The van der Waals surface area contributed by atoms with Gasteiger partial charge in [-0.1, -0.05) is 31.4 Å². The van der Waals surface area contributed by atoms with Crippen LogP contribution in [0.15, 0.2) is 6.20 Å². The summed E-state index contributed by atoms with van der Waals surface area (Å²) >= 11 is 5.98. The SMILES string of the molecule is Cc1nn([C@H](C)C(=O)N[C@H]2CCCC[C@H]2C)cc1Cl. The van der Waals surface area contributed by atoms with Gasteiger partial charge in [-0.3, -0.25) is 9.48 Å². The van der Waals surface area contributed by atoms with Gasteiger partial charge in [-0.2, -0.15) is 5.10 Å². The summed E-state index contributed by atoms with van der Waals surface area (Å²) in [6.45, 7) is 5.90. The van der Waals surface area contributed by atoms with Crippen LogP contribution in [0.25, 0.3) is 0 Å². The van der Waals surface area contributed by atoms with E-state index in [1.54, 1.807) is 10.9 Å². The van der Waals surface area contributed by atoms with Crippen LogP contribution in [0.3, 0.4) is 0 Å². The molecule has 0 bridgehead atoms. The largest absolute Gasteiger partial charge is 0.351 e. The Hall–Kier alpha value is -1.03. The summed E-state index contributed by atoms with van der Waals surface area (Å²) in [6, 6.07) is -0.0174. The highest BCUT2D eigenvalue weighted by Gasteiger charge is 2.25. The zero-order valence-electron chi connectivity index (χ0n) is 11.8. The van der Waals surface area contributed by atoms with Crippen molar-refractivity contribution in [1.82, 2.24) is 15.1 Å². The van der Waals surface area contributed by atoms with Crippen LogP contribution in [0.1, 0.15) is 51.3 Å². The molecule has 1 saturated carbocycles. The molecule has 4 nitrogen and oxygen atoms in total. The minimum atomic E-state index is -0.319. The highest BCUT2D eigenvalue weighted by molar-refractivity contribution is 6.31. The van der Waals surface area contributed by atoms with Crippen LogP contribution in [0.2, 0.25) is 5.02 Å². The minimum Gasteiger partial charge on any atom is -0.351 e. The normalized spacial score (nSPS) is 25.1. The lowest BCUT2D eigenvalue weighted by Crippen LogP contribution is -2.43. The summed E-state index contributed by atoms with van der Waals surface area (Å²) in [4.78, 5) is 12.3. The Morgan fingerprint density at radius 2 is 2.21 bits per heavy atom. The quantitative estimate of drug-likeness (QED) is 0.926. The molecule has 1 aliphatic carbocycles. The Morgan fingerprint density at radius 3 is 2.79 bits per heavy atom. The van der Waals surface area contributed by atoms with E-state index >= 15 is 0 Å². The molecule has 0 aliphatic heterocycles. The van der Waals surface area contributed by atoms with Crippen LogP contribution in [0.5, 0.6) is 0 Å². The molecular formula is C14H22ClN3O. The Balaban J connectivity index is 1.99. The van der Waals surface area contributed by atoms with Crippen LogP contribution in [-0.4, -0.2) is 21.7 Å². The Labute approximate surface area is 119 Å². The summed E-state index contributed by atoms with van der Waals surface area (Å²) < 4.78 is 1.64. The number of aryl methyl sites for hydroxylation is 1. The first-order valence-electron chi connectivity index (χ1n) is 7.00. The molecule has 1 fully saturated rings. The molecule has 19 heavy (non-hydrogen) atoms. The van der Waals surface area contributed by atoms with E-state index in [2.05, 4.69) is 17.3 Å². The molecule has 0 radical (unpaired) electrons. The molecule has 5 heteroatoms. The molecule has 1 N–H and O–H groups in total. The Morgan fingerprint density at radius 1 is 1.53 bits per heavy atom. The number of rotatable bonds is 3. The van der Waals surface area contributed by atoms with Gasteiger partial charge < -0.3 is 5.32 Å². The van der Waals surface area contributed by atoms with Crippen molar-refractivity contribution >= 4 is 17.5 Å². The zero-order valence-corrected chi connectivity index (χ0v) is 12.6. The molecule has 0 saturated heterocycles. The number of hydrogen-bond donors (Lipinski definition) is 1. The number of hydrogen-bond acceptors (Lipinski definition) is 2. The van der Waals surface area contributed by atoms with Crippen molar-refractivity contribution in [2.75, 3.05) is 0 Å². The predicted octanol–water partition coefficient (Wildman–Crippen LogP) is 3.10. The van der Waals surface area contributed by atoms with Crippen LogP contribution >= 0.6 is 11.6 Å². The number of aromatic nitrogens is 2. The summed E-state index contributed by atoms with van der Waals surface area (Å²) in [6.07, 6.45) is 6.48. The zero-order chi connectivity index (χ0) is 14.0. The fourth-order valence-electron chi connectivity index (χ4n) is 2.61. The molecule has 3 atom stereocenters.